The lowest BCUT2D eigenvalue weighted by Crippen LogP contribution is -2.29. The second-order valence-corrected chi connectivity index (χ2v) is 7.98. The van der Waals surface area contributed by atoms with Crippen LogP contribution in [-0.4, -0.2) is 19.5 Å². The predicted molar refractivity (Wildman–Crippen MR) is 119 cm³/mol. The van der Waals surface area contributed by atoms with Crippen LogP contribution in [0.2, 0.25) is 0 Å². The zero-order valence-electron chi connectivity index (χ0n) is 17.6. The lowest BCUT2D eigenvalue weighted by molar-refractivity contribution is 0.582. The van der Waals surface area contributed by atoms with Gasteiger partial charge in [-0.2, -0.15) is 4.98 Å². The SMILES string of the molecule is CCCc1ccc2c(c1)nc1c(=O)[nH]c(=O)nc-1n2CCC(C)c1ccc(C)cc1. The number of rotatable bonds is 6. The van der Waals surface area contributed by atoms with E-state index in [1.54, 1.807) is 0 Å². The van der Waals surface area contributed by atoms with E-state index in [-0.39, 0.29) is 5.69 Å². The lowest BCUT2D eigenvalue weighted by atomic mass is 9.97. The second kappa shape index (κ2) is 8.22. The summed E-state index contributed by atoms with van der Waals surface area (Å²) >= 11 is 0. The molecule has 1 atom stereocenters. The highest BCUT2D eigenvalue weighted by molar-refractivity contribution is 5.80. The molecule has 6 heteroatoms. The van der Waals surface area contributed by atoms with Crippen LogP contribution in [0, 0.1) is 6.92 Å². The average Bonchev–Trinajstić information content (AvgIpc) is 2.72. The zero-order chi connectivity index (χ0) is 21.3. The Hall–Kier alpha value is -3.28. The van der Waals surface area contributed by atoms with Crippen LogP contribution in [0.4, 0.5) is 0 Å². The maximum atomic E-state index is 12.4. The fourth-order valence-corrected chi connectivity index (χ4v) is 3.90. The molecule has 0 fully saturated rings. The van der Waals surface area contributed by atoms with Gasteiger partial charge < -0.3 is 4.57 Å². The molecule has 2 aliphatic heterocycles. The molecule has 0 aliphatic carbocycles. The molecule has 0 saturated carbocycles. The lowest BCUT2D eigenvalue weighted by Gasteiger charge is -2.19. The van der Waals surface area contributed by atoms with E-state index < -0.39 is 11.2 Å². The van der Waals surface area contributed by atoms with Crippen molar-refractivity contribution in [2.24, 2.45) is 0 Å². The summed E-state index contributed by atoms with van der Waals surface area (Å²) in [4.78, 5) is 35.2. The summed E-state index contributed by atoms with van der Waals surface area (Å²) in [5, 5.41) is 0. The molecule has 154 valence electrons. The fraction of sp³-hybridized carbons (Fsp3) is 0.333. The van der Waals surface area contributed by atoms with Crippen LogP contribution in [0.15, 0.2) is 52.1 Å². The number of benzene rings is 2. The molecule has 2 heterocycles. The fourth-order valence-electron chi connectivity index (χ4n) is 3.90. The van der Waals surface area contributed by atoms with Crippen LogP contribution in [0.5, 0.6) is 0 Å². The topological polar surface area (TPSA) is 80.6 Å². The van der Waals surface area contributed by atoms with E-state index in [1.165, 1.54) is 16.7 Å². The van der Waals surface area contributed by atoms with E-state index in [0.717, 1.165) is 30.3 Å². The van der Waals surface area contributed by atoms with Crippen molar-refractivity contribution in [3.63, 3.8) is 0 Å². The average molecular weight is 402 g/mol. The monoisotopic (exact) mass is 402 g/mol. The molecule has 2 aromatic rings. The van der Waals surface area contributed by atoms with Crippen LogP contribution >= 0.6 is 0 Å². The van der Waals surface area contributed by atoms with Gasteiger partial charge in [0.2, 0.25) is 0 Å². The normalized spacial score (nSPS) is 12.5. The van der Waals surface area contributed by atoms with Crippen molar-refractivity contribution in [2.45, 2.75) is 52.5 Å². The number of aryl methyl sites for hydroxylation is 3. The van der Waals surface area contributed by atoms with Crippen molar-refractivity contribution in [3.05, 3.63) is 80.0 Å². The van der Waals surface area contributed by atoms with E-state index >= 15 is 0 Å². The molecule has 0 amide bonds. The number of H-pyrrole nitrogens is 1. The number of aromatic nitrogens is 4. The van der Waals surface area contributed by atoms with Crippen LogP contribution in [-0.2, 0) is 13.0 Å². The van der Waals surface area contributed by atoms with Crippen molar-refractivity contribution in [3.8, 4) is 11.5 Å². The molecular formula is C24H26N4O2. The van der Waals surface area contributed by atoms with E-state index in [2.05, 4.69) is 66.1 Å². The first-order chi connectivity index (χ1) is 14.5. The van der Waals surface area contributed by atoms with Gasteiger partial charge in [0.25, 0.3) is 5.56 Å². The quantitative estimate of drug-likeness (QED) is 0.494. The van der Waals surface area contributed by atoms with Crippen molar-refractivity contribution < 1.29 is 0 Å². The Bertz CT molecular complexity index is 1270. The predicted octanol–water partition coefficient (Wildman–Crippen LogP) is 4.04. The number of fused-ring (bicyclic) bond motifs is 2. The van der Waals surface area contributed by atoms with Crippen molar-refractivity contribution >= 4 is 11.0 Å². The minimum atomic E-state index is -0.642. The number of aromatic amines is 1. The molecule has 1 unspecified atom stereocenters. The van der Waals surface area contributed by atoms with Gasteiger partial charge in [-0.3, -0.25) is 9.78 Å². The molecule has 1 N–H and O–H groups in total. The van der Waals surface area contributed by atoms with Crippen LogP contribution in [0.3, 0.4) is 0 Å². The summed E-state index contributed by atoms with van der Waals surface area (Å²) < 4.78 is 1.97. The third-order valence-corrected chi connectivity index (χ3v) is 5.64. The Morgan fingerprint density at radius 2 is 1.83 bits per heavy atom. The molecular weight excluding hydrogens is 376 g/mol. The van der Waals surface area contributed by atoms with Gasteiger partial charge in [0.05, 0.1) is 11.0 Å². The van der Waals surface area contributed by atoms with Gasteiger partial charge in [-0.25, -0.2) is 9.78 Å². The smallest absolute Gasteiger partial charge is 0.322 e. The van der Waals surface area contributed by atoms with E-state index in [9.17, 15) is 9.59 Å². The molecule has 0 bridgehead atoms. The van der Waals surface area contributed by atoms with Crippen LogP contribution in [0.25, 0.3) is 22.6 Å². The van der Waals surface area contributed by atoms with E-state index in [4.69, 9.17) is 0 Å². The van der Waals surface area contributed by atoms with Crippen LogP contribution < -0.4 is 11.2 Å². The minimum absolute atomic E-state index is 0.207. The molecule has 4 rings (SSSR count). The Balaban J connectivity index is 1.79. The summed E-state index contributed by atoms with van der Waals surface area (Å²) in [6.07, 6.45) is 2.84. The van der Waals surface area contributed by atoms with E-state index in [1.807, 2.05) is 16.7 Å². The van der Waals surface area contributed by atoms with Gasteiger partial charge in [0, 0.05) is 6.54 Å². The van der Waals surface area contributed by atoms with E-state index in [0.29, 0.717) is 18.3 Å². The standard InChI is InChI=1S/C24H26N4O2/c1-4-5-17-8-11-20-19(14-17)25-21-22(26-24(30)27-23(21)29)28(20)13-12-16(3)18-9-6-15(2)7-10-18/h6-11,14,16H,4-5,12-13H2,1-3H3,(H,27,29,30). The number of hydrogen-bond donors (Lipinski definition) is 1. The van der Waals surface area contributed by atoms with Gasteiger partial charge >= 0.3 is 5.69 Å². The Morgan fingerprint density at radius 3 is 2.57 bits per heavy atom. The van der Waals surface area contributed by atoms with Gasteiger partial charge in [-0.1, -0.05) is 56.2 Å². The molecule has 0 spiro atoms. The number of nitrogens with one attached hydrogen (secondary N) is 1. The van der Waals surface area contributed by atoms with Gasteiger partial charge in [0.15, 0.2) is 11.5 Å². The second-order valence-electron chi connectivity index (χ2n) is 7.98. The summed E-state index contributed by atoms with van der Waals surface area (Å²) in [5.74, 6) is 0.667. The highest BCUT2D eigenvalue weighted by Gasteiger charge is 2.19. The summed E-state index contributed by atoms with van der Waals surface area (Å²) in [7, 11) is 0. The van der Waals surface area contributed by atoms with Gasteiger partial charge in [-0.05, 0) is 48.9 Å². The summed E-state index contributed by atoms with van der Waals surface area (Å²) in [5.41, 5.74) is 4.40. The first-order valence-electron chi connectivity index (χ1n) is 10.5. The third kappa shape index (κ3) is 3.90. The Kier molecular flexibility index (Phi) is 5.48. The zero-order valence-corrected chi connectivity index (χ0v) is 17.6. The minimum Gasteiger partial charge on any atom is -0.322 e. The van der Waals surface area contributed by atoms with Crippen LogP contribution in [0.1, 0.15) is 49.3 Å². The van der Waals surface area contributed by atoms with Crippen molar-refractivity contribution in [1.29, 1.82) is 0 Å². The molecule has 2 aromatic carbocycles. The highest BCUT2D eigenvalue weighted by Crippen LogP contribution is 2.26. The molecule has 6 nitrogen and oxygen atoms in total. The molecule has 2 aliphatic rings. The molecule has 0 saturated heterocycles. The maximum absolute atomic E-state index is 12.4. The number of hydrogen-bond acceptors (Lipinski definition) is 4. The first kappa shape index (κ1) is 20.0. The number of nitrogens with zero attached hydrogens (tertiary/aromatic N) is 3. The van der Waals surface area contributed by atoms with Gasteiger partial charge in [-0.15, -0.1) is 0 Å². The Morgan fingerprint density at radius 1 is 1.07 bits per heavy atom. The van der Waals surface area contributed by atoms with Gasteiger partial charge in [0.1, 0.15) is 0 Å². The van der Waals surface area contributed by atoms with Crippen molar-refractivity contribution in [1.82, 2.24) is 19.5 Å². The maximum Gasteiger partial charge on any atom is 0.349 e. The first-order valence-corrected chi connectivity index (χ1v) is 10.5. The molecule has 30 heavy (non-hydrogen) atoms. The third-order valence-electron chi connectivity index (χ3n) is 5.64. The Labute approximate surface area is 175 Å². The largest absolute Gasteiger partial charge is 0.349 e. The highest BCUT2D eigenvalue weighted by atomic mass is 16.2. The molecule has 0 aromatic heterocycles. The summed E-state index contributed by atoms with van der Waals surface area (Å²) in [6.45, 7) is 7.04. The molecule has 0 radical (unpaired) electrons. The summed E-state index contributed by atoms with van der Waals surface area (Å²) in [6, 6.07) is 14.7. The van der Waals surface area contributed by atoms with Crippen molar-refractivity contribution in [2.75, 3.05) is 0 Å².